The van der Waals surface area contributed by atoms with E-state index in [2.05, 4.69) is 4.98 Å². The summed E-state index contributed by atoms with van der Waals surface area (Å²) in [5.41, 5.74) is 0.752. The molecule has 13 heavy (non-hydrogen) atoms. The summed E-state index contributed by atoms with van der Waals surface area (Å²) >= 11 is 0. The number of allylic oxidation sites excluding steroid dienone is 1. The summed E-state index contributed by atoms with van der Waals surface area (Å²) in [7, 11) is -4.00. The summed E-state index contributed by atoms with van der Waals surface area (Å²) in [6.45, 7) is 0. The molecule has 0 aromatic carbocycles. The molecule has 0 aliphatic rings. The molecule has 1 N–H and O–H groups in total. The summed E-state index contributed by atoms with van der Waals surface area (Å²) in [5, 5.41) is 0.752. The minimum Gasteiger partial charge on any atom is -0.282 e. The Bertz CT molecular complexity index is 383. The van der Waals surface area contributed by atoms with E-state index in [9.17, 15) is 8.42 Å². The summed E-state index contributed by atoms with van der Waals surface area (Å²) in [5.74, 6) is 0. The summed E-state index contributed by atoms with van der Waals surface area (Å²) < 4.78 is 28.9. The monoisotopic (exact) mass is 199 g/mol. The van der Waals surface area contributed by atoms with Gasteiger partial charge in [-0.3, -0.25) is 9.54 Å². The van der Waals surface area contributed by atoms with Crippen molar-refractivity contribution in [1.82, 2.24) is 4.98 Å². The molecule has 0 aliphatic heterocycles. The highest BCUT2D eigenvalue weighted by Gasteiger charge is 1.94. The molecule has 0 amide bonds. The van der Waals surface area contributed by atoms with E-state index in [0.29, 0.717) is 6.42 Å². The van der Waals surface area contributed by atoms with Crippen molar-refractivity contribution in [2.45, 2.75) is 6.42 Å². The van der Waals surface area contributed by atoms with E-state index < -0.39 is 10.1 Å². The second-order valence-corrected chi connectivity index (χ2v) is 3.71. The van der Waals surface area contributed by atoms with Crippen molar-refractivity contribution in [3.8, 4) is 0 Å². The normalized spacial score (nSPS) is 12.1. The van der Waals surface area contributed by atoms with Crippen molar-refractivity contribution in [3.05, 3.63) is 41.6 Å². The molecule has 0 atom stereocenters. The summed E-state index contributed by atoms with van der Waals surface area (Å²) in [6.07, 6.45) is 3.36. The minimum atomic E-state index is -4.00. The van der Waals surface area contributed by atoms with Crippen LogP contribution in [-0.2, 0) is 16.5 Å². The second-order valence-electron chi connectivity index (χ2n) is 2.41. The van der Waals surface area contributed by atoms with E-state index in [1.165, 1.54) is 6.08 Å². The van der Waals surface area contributed by atoms with E-state index in [1.807, 2.05) is 6.07 Å². The van der Waals surface area contributed by atoms with Crippen LogP contribution in [0.25, 0.3) is 0 Å². The van der Waals surface area contributed by atoms with Gasteiger partial charge in [0.25, 0.3) is 10.1 Å². The van der Waals surface area contributed by atoms with Crippen molar-refractivity contribution in [2.75, 3.05) is 0 Å². The van der Waals surface area contributed by atoms with Gasteiger partial charge >= 0.3 is 0 Å². The molecule has 0 saturated carbocycles. The van der Waals surface area contributed by atoms with Crippen LogP contribution in [0.3, 0.4) is 0 Å². The van der Waals surface area contributed by atoms with E-state index in [-0.39, 0.29) is 0 Å². The lowest BCUT2D eigenvalue weighted by Gasteiger charge is -1.92. The molecule has 1 heterocycles. The van der Waals surface area contributed by atoms with Crippen LogP contribution in [0.1, 0.15) is 5.69 Å². The molecule has 70 valence electrons. The maximum Gasteiger partial charge on any atom is 0.287 e. The Balaban J connectivity index is 2.59. The largest absolute Gasteiger partial charge is 0.287 e. The predicted molar refractivity (Wildman–Crippen MR) is 48.6 cm³/mol. The first-order valence-corrected chi connectivity index (χ1v) is 5.12. The van der Waals surface area contributed by atoms with Gasteiger partial charge in [-0.05, 0) is 12.1 Å². The lowest BCUT2D eigenvalue weighted by atomic mass is 10.3. The van der Waals surface area contributed by atoms with Gasteiger partial charge in [-0.25, -0.2) is 0 Å². The Hall–Kier alpha value is -1.20. The van der Waals surface area contributed by atoms with Gasteiger partial charge in [-0.15, -0.1) is 0 Å². The van der Waals surface area contributed by atoms with Crippen molar-refractivity contribution in [2.24, 2.45) is 0 Å². The first-order valence-electron chi connectivity index (χ1n) is 3.62. The first-order chi connectivity index (χ1) is 6.08. The topological polar surface area (TPSA) is 67.3 Å². The Kier molecular flexibility index (Phi) is 3.16. The van der Waals surface area contributed by atoms with Gasteiger partial charge in [0.05, 0.1) is 5.41 Å². The van der Waals surface area contributed by atoms with E-state index in [4.69, 9.17) is 4.55 Å². The number of nitrogens with zero attached hydrogens (tertiary/aromatic N) is 1. The lowest BCUT2D eigenvalue weighted by Crippen LogP contribution is -1.91. The van der Waals surface area contributed by atoms with Crippen LogP contribution in [-0.4, -0.2) is 18.0 Å². The summed E-state index contributed by atoms with van der Waals surface area (Å²) in [6, 6.07) is 5.36. The smallest absolute Gasteiger partial charge is 0.282 e. The minimum absolute atomic E-state index is 0.390. The van der Waals surface area contributed by atoms with Crippen LogP contribution in [0.4, 0.5) is 0 Å². The zero-order valence-electron chi connectivity index (χ0n) is 6.79. The molecular weight excluding hydrogens is 190 g/mol. The molecule has 1 aromatic rings. The molecule has 0 saturated heterocycles. The van der Waals surface area contributed by atoms with Crippen LogP contribution in [0, 0.1) is 0 Å². The fourth-order valence-electron chi connectivity index (χ4n) is 0.809. The predicted octanol–water partition coefficient (Wildman–Crippen LogP) is 1.03. The van der Waals surface area contributed by atoms with Crippen LogP contribution in [0.5, 0.6) is 0 Å². The number of rotatable bonds is 3. The first kappa shape index (κ1) is 9.88. The zero-order valence-corrected chi connectivity index (χ0v) is 7.61. The second kappa shape index (κ2) is 4.15. The van der Waals surface area contributed by atoms with Gasteiger partial charge in [0, 0.05) is 18.3 Å². The van der Waals surface area contributed by atoms with Crippen molar-refractivity contribution in [1.29, 1.82) is 0 Å². The zero-order chi connectivity index (χ0) is 9.73. The molecule has 0 radical (unpaired) electrons. The molecule has 1 aromatic heterocycles. The van der Waals surface area contributed by atoms with E-state index in [0.717, 1.165) is 11.1 Å². The number of hydrogen-bond acceptors (Lipinski definition) is 3. The van der Waals surface area contributed by atoms with Crippen molar-refractivity contribution in [3.63, 3.8) is 0 Å². The van der Waals surface area contributed by atoms with Gasteiger partial charge in [0.2, 0.25) is 0 Å². The quantitative estimate of drug-likeness (QED) is 0.738. The average molecular weight is 199 g/mol. The van der Waals surface area contributed by atoms with Gasteiger partial charge in [0.15, 0.2) is 0 Å². The standard InChI is InChI=1S/C8H9NO3S/c10-13(11,12)7-3-5-8-4-1-2-6-9-8/h1-4,6-7H,5H2,(H,10,11,12). The number of aromatic nitrogens is 1. The maximum absolute atomic E-state index is 10.3. The van der Waals surface area contributed by atoms with Crippen LogP contribution in [0.15, 0.2) is 35.9 Å². The third-order valence-electron chi connectivity index (χ3n) is 1.32. The van der Waals surface area contributed by atoms with E-state index >= 15 is 0 Å². The molecule has 1 rings (SSSR count). The molecule has 0 fully saturated rings. The molecule has 0 aliphatic carbocycles. The molecule has 5 heteroatoms. The maximum atomic E-state index is 10.3. The van der Waals surface area contributed by atoms with Crippen molar-refractivity contribution < 1.29 is 13.0 Å². The highest BCUT2D eigenvalue weighted by Crippen LogP contribution is 1.96. The number of hydrogen-bond donors (Lipinski definition) is 1. The lowest BCUT2D eigenvalue weighted by molar-refractivity contribution is 0.494. The highest BCUT2D eigenvalue weighted by atomic mass is 32.2. The summed E-state index contributed by atoms with van der Waals surface area (Å²) in [4.78, 5) is 3.97. The van der Waals surface area contributed by atoms with Crippen LogP contribution < -0.4 is 0 Å². The van der Waals surface area contributed by atoms with Crippen molar-refractivity contribution >= 4 is 10.1 Å². The Morgan fingerprint density at radius 3 is 2.77 bits per heavy atom. The van der Waals surface area contributed by atoms with Gasteiger partial charge < -0.3 is 0 Å². The third kappa shape index (κ3) is 4.39. The van der Waals surface area contributed by atoms with Gasteiger partial charge in [-0.2, -0.15) is 8.42 Å². The molecule has 0 unspecified atom stereocenters. The Morgan fingerprint density at radius 1 is 1.46 bits per heavy atom. The molecular formula is C8H9NO3S. The van der Waals surface area contributed by atoms with Gasteiger partial charge in [0.1, 0.15) is 0 Å². The number of pyridine rings is 1. The Morgan fingerprint density at radius 2 is 2.23 bits per heavy atom. The fraction of sp³-hybridized carbons (Fsp3) is 0.125. The van der Waals surface area contributed by atoms with Gasteiger partial charge in [-0.1, -0.05) is 12.1 Å². The molecule has 0 spiro atoms. The average Bonchev–Trinajstić information content (AvgIpc) is 2.04. The SMILES string of the molecule is O=S(=O)(O)C=CCc1ccccn1. The fourth-order valence-corrected chi connectivity index (χ4v) is 1.15. The molecule has 4 nitrogen and oxygen atoms in total. The van der Waals surface area contributed by atoms with Crippen LogP contribution >= 0.6 is 0 Å². The van der Waals surface area contributed by atoms with Crippen LogP contribution in [0.2, 0.25) is 0 Å². The highest BCUT2D eigenvalue weighted by molar-refractivity contribution is 7.88. The third-order valence-corrected chi connectivity index (χ3v) is 1.86. The Labute approximate surface area is 76.7 Å². The van der Waals surface area contributed by atoms with E-state index in [1.54, 1.807) is 18.3 Å². The molecule has 0 bridgehead atoms.